The number of amides is 2. The van der Waals surface area contributed by atoms with Gasteiger partial charge in [-0.2, -0.15) is 0 Å². The molecular formula is C22H26F3N4O3+. The van der Waals surface area contributed by atoms with Crippen LogP contribution < -0.4 is 10.1 Å². The molecule has 32 heavy (non-hydrogen) atoms. The number of rotatable bonds is 5. The Kier molecular flexibility index (Phi) is 6.21. The van der Waals surface area contributed by atoms with Gasteiger partial charge >= 0.3 is 17.5 Å². The second kappa shape index (κ2) is 8.91. The van der Waals surface area contributed by atoms with Crippen LogP contribution in [0.2, 0.25) is 0 Å². The zero-order valence-corrected chi connectivity index (χ0v) is 18.0. The maximum absolute atomic E-state index is 15.1. The number of carbonyl (C=O) groups is 2. The lowest BCUT2D eigenvalue weighted by atomic mass is 9.91. The van der Waals surface area contributed by atoms with E-state index in [0.29, 0.717) is 17.2 Å². The first-order valence-electron chi connectivity index (χ1n) is 10.9. The highest BCUT2D eigenvalue weighted by Crippen LogP contribution is 2.31. The van der Waals surface area contributed by atoms with Gasteiger partial charge in [0.15, 0.2) is 11.0 Å². The fourth-order valence-electron chi connectivity index (χ4n) is 4.65. The topological polar surface area (TPSA) is 79.3 Å². The Balaban J connectivity index is 1.65. The predicted octanol–water partition coefficient (Wildman–Crippen LogP) is 2.91. The molecular weight excluding hydrogens is 425 g/mol. The summed E-state index contributed by atoms with van der Waals surface area (Å²) < 4.78 is 47.7. The quantitative estimate of drug-likeness (QED) is 0.709. The van der Waals surface area contributed by atoms with Gasteiger partial charge in [-0.1, -0.05) is 31.3 Å². The minimum atomic E-state index is -1.22. The second-order valence-electron chi connectivity index (χ2n) is 8.96. The first kappa shape index (κ1) is 22.3. The van der Waals surface area contributed by atoms with Crippen molar-refractivity contribution >= 4 is 11.8 Å². The van der Waals surface area contributed by atoms with Crippen LogP contribution in [-0.4, -0.2) is 40.5 Å². The lowest BCUT2D eigenvalue weighted by Crippen LogP contribution is -2.63. The highest BCUT2D eigenvalue weighted by molar-refractivity contribution is 5.96. The van der Waals surface area contributed by atoms with Crippen molar-refractivity contribution in [3.8, 4) is 5.69 Å². The number of piperazine rings is 1. The van der Waals surface area contributed by atoms with Crippen molar-refractivity contribution in [1.29, 1.82) is 0 Å². The Bertz CT molecular complexity index is 1020. The average molecular weight is 451 g/mol. The molecule has 0 spiro atoms. The van der Waals surface area contributed by atoms with Gasteiger partial charge in [0.25, 0.3) is 0 Å². The van der Waals surface area contributed by atoms with E-state index in [1.165, 1.54) is 4.90 Å². The van der Waals surface area contributed by atoms with Gasteiger partial charge in [-0.3, -0.25) is 9.59 Å². The normalized spacial score (nSPS) is 21.9. The van der Waals surface area contributed by atoms with E-state index in [-0.39, 0.29) is 30.3 Å². The number of benzene rings is 1. The number of hydrogen-bond donors (Lipinski definition) is 1. The van der Waals surface area contributed by atoms with Gasteiger partial charge in [0.2, 0.25) is 11.6 Å². The van der Waals surface area contributed by atoms with Crippen LogP contribution in [-0.2, 0) is 4.79 Å². The van der Waals surface area contributed by atoms with Crippen LogP contribution in [0.1, 0.15) is 56.4 Å². The van der Waals surface area contributed by atoms with Crippen LogP contribution in [0.25, 0.3) is 5.69 Å². The van der Waals surface area contributed by atoms with Gasteiger partial charge in [0.05, 0.1) is 0 Å². The minimum absolute atomic E-state index is 0.115. The number of nitrogens with one attached hydrogen (secondary N) is 1. The molecule has 1 N–H and O–H groups in total. The molecule has 4 rings (SSSR count). The molecule has 7 nitrogen and oxygen atoms in total. The Hall–Kier alpha value is -2.91. The van der Waals surface area contributed by atoms with Crippen LogP contribution in [0.4, 0.5) is 13.2 Å². The lowest BCUT2D eigenvalue weighted by Gasteiger charge is -2.41. The van der Waals surface area contributed by atoms with E-state index < -0.39 is 40.9 Å². The van der Waals surface area contributed by atoms with Crippen LogP contribution >= 0.6 is 0 Å². The van der Waals surface area contributed by atoms with Crippen molar-refractivity contribution in [1.82, 2.24) is 15.4 Å². The largest absolute Gasteiger partial charge is 0.381 e. The van der Waals surface area contributed by atoms with Gasteiger partial charge < -0.3 is 10.2 Å². The van der Waals surface area contributed by atoms with Crippen LogP contribution in [0, 0.1) is 29.4 Å². The summed E-state index contributed by atoms with van der Waals surface area (Å²) in [7, 11) is 0. The van der Waals surface area contributed by atoms with Crippen molar-refractivity contribution in [2.75, 3.05) is 6.54 Å². The molecule has 0 radical (unpaired) electrons. The van der Waals surface area contributed by atoms with Gasteiger partial charge in [-0.25, -0.2) is 8.78 Å². The lowest BCUT2D eigenvalue weighted by molar-refractivity contribution is -0.816. The van der Waals surface area contributed by atoms with E-state index in [2.05, 4.69) is 10.5 Å². The third-order valence-corrected chi connectivity index (χ3v) is 6.24. The standard InChI is InChI=1S/C22H25F3N4O3/c1-12(2)9-18-21(30)26-16(13-5-3-4-6-13)11-28(18)22(31)19-20(25)29(32-27-19)17-8-7-14(23)10-15(17)24/h7-8,10,12-13,16,18H,3-6,9,11H2,1-2H3/p+1/t16-,18+/m1/s1. The van der Waals surface area contributed by atoms with E-state index >= 15 is 4.39 Å². The zero-order chi connectivity index (χ0) is 23.0. The molecule has 2 heterocycles. The molecule has 2 aromatic rings. The Morgan fingerprint density at radius 1 is 1.28 bits per heavy atom. The van der Waals surface area contributed by atoms with E-state index in [4.69, 9.17) is 4.63 Å². The molecule has 1 saturated carbocycles. The van der Waals surface area contributed by atoms with Crippen LogP contribution in [0.5, 0.6) is 0 Å². The summed E-state index contributed by atoms with van der Waals surface area (Å²) in [6.07, 6.45) is 4.47. The molecule has 0 bridgehead atoms. The molecule has 1 aliphatic carbocycles. The molecule has 1 aromatic carbocycles. The van der Waals surface area contributed by atoms with E-state index in [1.807, 2.05) is 13.8 Å². The van der Waals surface area contributed by atoms with E-state index in [0.717, 1.165) is 37.8 Å². The molecule has 2 fully saturated rings. The molecule has 2 aliphatic rings. The first-order valence-corrected chi connectivity index (χ1v) is 10.9. The summed E-state index contributed by atoms with van der Waals surface area (Å²) in [6.45, 7) is 4.10. The van der Waals surface area contributed by atoms with Crippen molar-refractivity contribution in [3.05, 3.63) is 41.5 Å². The van der Waals surface area contributed by atoms with Crippen molar-refractivity contribution in [2.24, 2.45) is 11.8 Å². The molecule has 1 saturated heterocycles. The summed E-state index contributed by atoms with van der Waals surface area (Å²) >= 11 is 0. The SMILES string of the molecule is CC(C)C[C@H]1C(=O)N[C@@H](C2CCCC2)CN1C(=O)c1no[n+](-c2ccc(F)cc2F)c1F. The third-order valence-electron chi connectivity index (χ3n) is 6.24. The summed E-state index contributed by atoms with van der Waals surface area (Å²) in [5.74, 6) is -3.81. The smallest absolute Gasteiger partial charge is 0.350 e. The zero-order valence-electron chi connectivity index (χ0n) is 18.0. The maximum atomic E-state index is 15.1. The first-order chi connectivity index (χ1) is 15.3. The van der Waals surface area contributed by atoms with Gasteiger partial charge in [0.1, 0.15) is 11.9 Å². The number of halogens is 3. The fraction of sp³-hybridized carbons (Fsp3) is 0.545. The fourth-order valence-corrected chi connectivity index (χ4v) is 4.65. The third kappa shape index (κ3) is 4.22. The second-order valence-corrected chi connectivity index (χ2v) is 8.96. The molecule has 1 aliphatic heterocycles. The highest BCUT2D eigenvalue weighted by atomic mass is 19.1. The number of carbonyl (C=O) groups excluding carboxylic acids is 2. The van der Waals surface area contributed by atoms with Crippen molar-refractivity contribution < 1.29 is 32.1 Å². The number of aromatic nitrogens is 2. The summed E-state index contributed by atoms with van der Waals surface area (Å²) in [6, 6.07) is 1.51. The van der Waals surface area contributed by atoms with E-state index in [1.54, 1.807) is 0 Å². The summed E-state index contributed by atoms with van der Waals surface area (Å²) in [5, 5.41) is 6.57. The molecule has 1 aromatic heterocycles. The number of hydrogen-bond acceptors (Lipinski definition) is 4. The van der Waals surface area contributed by atoms with Gasteiger partial charge in [-0.05, 0) is 43.2 Å². The molecule has 2 atom stereocenters. The summed E-state index contributed by atoms with van der Waals surface area (Å²) in [5.41, 5.74) is -1.07. The molecule has 2 amide bonds. The maximum Gasteiger partial charge on any atom is 0.381 e. The van der Waals surface area contributed by atoms with E-state index in [9.17, 15) is 18.4 Å². The van der Waals surface area contributed by atoms with Crippen LogP contribution in [0.3, 0.4) is 0 Å². The monoisotopic (exact) mass is 451 g/mol. The van der Waals surface area contributed by atoms with Crippen LogP contribution in [0.15, 0.2) is 22.8 Å². The Morgan fingerprint density at radius 3 is 2.66 bits per heavy atom. The Morgan fingerprint density at radius 2 is 2.00 bits per heavy atom. The molecule has 10 heteroatoms. The summed E-state index contributed by atoms with van der Waals surface area (Å²) in [4.78, 5) is 27.6. The molecule has 172 valence electrons. The number of nitrogens with zero attached hydrogens (tertiary/aromatic N) is 3. The van der Waals surface area contributed by atoms with Gasteiger partial charge in [-0.15, -0.1) is 4.39 Å². The predicted molar refractivity (Wildman–Crippen MR) is 106 cm³/mol. The van der Waals surface area contributed by atoms with Crippen molar-refractivity contribution in [3.63, 3.8) is 0 Å². The minimum Gasteiger partial charge on any atom is -0.350 e. The average Bonchev–Trinajstić information content (AvgIpc) is 3.39. The van der Waals surface area contributed by atoms with Gasteiger partial charge in [0, 0.05) is 23.4 Å². The highest BCUT2D eigenvalue weighted by Gasteiger charge is 2.45. The van der Waals surface area contributed by atoms with Crippen molar-refractivity contribution in [2.45, 2.75) is 58.0 Å². The Labute approximate surface area is 183 Å². The molecule has 0 unspecified atom stereocenters.